The average molecular weight is 288 g/mol. The standard InChI is InChI=1S/C13H18ClNO2S/c1-11-6-4-5-9-15(11)18(16,17)10-12-7-2-3-8-13(12)14/h2-3,7-8,11H,4-6,9-10H2,1H3/t11-/m1/s1. The fourth-order valence-corrected chi connectivity index (χ4v) is 4.53. The fraction of sp³-hybridized carbons (Fsp3) is 0.538. The van der Waals surface area contributed by atoms with Crippen molar-refractivity contribution in [1.29, 1.82) is 0 Å². The van der Waals surface area contributed by atoms with Gasteiger partial charge in [-0.15, -0.1) is 0 Å². The second-order valence-electron chi connectivity index (χ2n) is 4.80. The summed E-state index contributed by atoms with van der Waals surface area (Å²) in [6.45, 7) is 2.61. The van der Waals surface area contributed by atoms with Gasteiger partial charge >= 0.3 is 0 Å². The Bertz CT molecular complexity index is 515. The van der Waals surface area contributed by atoms with Crippen LogP contribution < -0.4 is 0 Å². The number of piperidine rings is 1. The Morgan fingerprint density at radius 1 is 1.33 bits per heavy atom. The molecule has 0 spiro atoms. The average Bonchev–Trinajstić information content (AvgIpc) is 2.32. The largest absolute Gasteiger partial charge is 0.218 e. The molecular formula is C13H18ClNO2S. The molecule has 18 heavy (non-hydrogen) atoms. The molecule has 0 saturated carbocycles. The van der Waals surface area contributed by atoms with Crippen molar-refractivity contribution >= 4 is 21.6 Å². The number of nitrogens with zero attached hydrogens (tertiary/aromatic N) is 1. The Labute approximate surface area is 114 Å². The summed E-state index contributed by atoms with van der Waals surface area (Å²) in [6, 6.07) is 7.23. The second kappa shape index (κ2) is 5.59. The lowest BCUT2D eigenvalue weighted by molar-refractivity contribution is 0.268. The topological polar surface area (TPSA) is 37.4 Å². The van der Waals surface area contributed by atoms with Crippen molar-refractivity contribution in [3.8, 4) is 0 Å². The molecule has 0 N–H and O–H groups in total. The van der Waals surface area contributed by atoms with Gasteiger partial charge in [-0.3, -0.25) is 0 Å². The number of rotatable bonds is 3. The van der Waals surface area contributed by atoms with Crippen LogP contribution in [0.4, 0.5) is 0 Å². The first-order valence-electron chi connectivity index (χ1n) is 6.23. The molecule has 0 radical (unpaired) electrons. The molecule has 1 aromatic carbocycles. The van der Waals surface area contributed by atoms with Crippen LogP contribution in [0.3, 0.4) is 0 Å². The van der Waals surface area contributed by atoms with Gasteiger partial charge < -0.3 is 0 Å². The summed E-state index contributed by atoms with van der Waals surface area (Å²) in [7, 11) is -3.26. The lowest BCUT2D eigenvalue weighted by atomic mass is 10.1. The first-order chi connectivity index (χ1) is 8.50. The van der Waals surface area contributed by atoms with Crippen molar-refractivity contribution in [2.24, 2.45) is 0 Å². The molecule has 1 aliphatic rings. The van der Waals surface area contributed by atoms with Crippen molar-refractivity contribution in [2.45, 2.75) is 38.0 Å². The molecule has 1 aliphatic heterocycles. The third-order valence-corrected chi connectivity index (χ3v) is 5.70. The Hall–Kier alpha value is -0.580. The number of hydrogen-bond donors (Lipinski definition) is 0. The number of benzene rings is 1. The van der Waals surface area contributed by atoms with E-state index in [0.29, 0.717) is 17.1 Å². The van der Waals surface area contributed by atoms with E-state index in [1.807, 2.05) is 19.1 Å². The van der Waals surface area contributed by atoms with Gasteiger partial charge in [0.15, 0.2) is 0 Å². The summed E-state index contributed by atoms with van der Waals surface area (Å²) >= 11 is 6.02. The maximum Gasteiger partial charge on any atom is 0.218 e. The van der Waals surface area contributed by atoms with Crippen LogP contribution in [-0.2, 0) is 15.8 Å². The molecule has 1 fully saturated rings. The zero-order valence-electron chi connectivity index (χ0n) is 10.5. The van der Waals surface area contributed by atoms with E-state index in [-0.39, 0.29) is 11.8 Å². The van der Waals surface area contributed by atoms with Crippen LogP contribution in [0, 0.1) is 0 Å². The highest BCUT2D eigenvalue weighted by molar-refractivity contribution is 7.88. The van der Waals surface area contributed by atoms with Crippen LogP contribution in [0.25, 0.3) is 0 Å². The van der Waals surface area contributed by atoms with Gasteiger partial charge in [-0.1, -0.05) is 36.2 Å². The van der Waals surface area contributed by atoms with Gasteiger partial charge in [-0.2, -0.15) is 4.31 Å². The predicted octanol–water partition coefficient (Wildman–Crippen LogP) is 3.04. The van der Waals surface area contributed by atoms with E-state index in [0.717, 1.165) is 19.3 Å². The first kappa shape index (κ1) is 13.8. The molecule has 0 unspecified atom stereocenters. The minimum Gasteiger partial charge on any atom is -0.212 e. The summed E-state index contributed by atoms with van der Waals surface area (Å²) in [4.78, 5) is 0. The highest BCUT2D eigenvalue weighted by Gasteiger charge is 2.29. The first-order valence-corrected chi connectivity index (χ1v) is 8.22. The molecule has 0 amide bonds. The molecule has 1 saturated heterocycles. The molecular weight excluding hydrogens is 270 g/mol. The van der Waals surface area contributed by atoms with Crippen LogP contribution in [-0.4, -0.2) is 25.3 Å². The van der Waals surface area contributed by atoms with Gasteiger partial charge in [0.05, 0.1) is 5.75 Å². The number of halogens is 1. The van der Waals surface area contributed by atoms with Gasteiger partial charge in [0.2, 0.25) is 10.0 Å². The summed E-state index contributed by atoms with van der Waals surface area (Å²) in [5, 5.41) is 0.519. The van der Waals surface area contributed by atoms with Crippen LogP contribution in [0.15, 0.2) is 24.3 Å². The minimum atomic E-state index is -3.26. The van der Waals surface area contributed by atoms with Gasteiger partial charge in [0.1, 0.15) is 0 Å². The summed E-state index contributed by atoms with van der Waals surface area (Å²) in [6.07, 6.45) is 3.01. The van der Waals surface area contributed by atoms with E-state index in [2.05, 4.69) is 0 Å². The van der Waals surface area contributed by atoms with Gasteiger partial charge in [-0.05, 0) is 31.4 Å². The summed E-state index contributed by atoms with van der Waals surface area (Å²) in [5.41, 5.74) is 0.678. The van der Waals surface area contributed by atoms with Crippen molar-refractivity contribution in [1.82, 2.24) is 4.31 Å². The van der Waals surface area contributed by atoms with Crippen molar-refractivity contribution < 1.29 is 8.42 Å². The summed E-state index contributed by atoms with van der Waals surface area (Å²) in [5.74, 6) is -0.00296. The molecule has 100 valence electrons. The number of sulfonamides is 1. The van der Waals surface area contributed by atoms with Gasteiger partial charge in [0.25, 0.3) is 0 Å². The smallest absolute Gasteiger partial charge is 0.212 e. The fourth-order valence-electron chi connectivity index (χ4n) is 2.38. The van der Waals surface area contributed by atoms with E-state index < -0.39 is 10.0 Å². The molecule has 3 nitrogen and oxygen atoms in total. The van der Waals surface area contributed by atoms with E-state index in [1.54, 1.807) is 16.4 Å². The van der Waals surface area contributed by atoms with Crippen molar-refractivity contribution in [3.63, 3.8) is 0 Å². The number of hydrogen-bond acceptors (Lipinski definition) is 2. The van der Waals surface area contributed by atoms with Crippen molar-refractivity contribution in [3.05, 3.63) is 34.9 Å². The maximum absolute atomic E-state index is 12.4. The molecule has 2 rings (SSSR count). The van der Waals surface area contributed by atoms with Crippen LogP contribution in [0.5, 0.6) is 0 Å². The van der Waals surface area contributed by atoms with Crippen LogP contribution >= 0.6 is 11.6 Å². The third kappa shape index (κ3) is 3.05. The maximum atomic E-state index is 12.4. The molecule has 1 aromatic rings. The Balaban J connectivity index is 2.19. The third-order valence-electron chi connectivity index (χ3n) is 3.40. The molecule has 5 heteroatoms. The summed E-state index contributed by atoms with van der Waals surface area (Å²) < 4.78 is 26.4. The zero-order valence-corrected chi connectivity index (χ0v) is 12.0. The van der Waals surface area contributed by atoms with E-state index in [1.165, 1.54) is 0 Å². The molecule has 0 bridgehead atoms. The molecule has 1 heterocycles. The Morgan fingerprint density at radius 2 is 2.06 bits per heavy atom. The van der Waals surface area contributed by atoms with Crippen molar-refractivity contribution in [2.75, 3.05) is 6.54 Å². The zero-order chi connectivity index (χ0) is 13.2. The second-order valence-corrected chi connectivity index (χ2v) is 7.13. The highest BCUT2D eigenvalue weighted by Crippen LogP contribution is 2.24. The Kier molecular flexibility index (Phi) is 4.30. The molecule has 1 atom stereocenters. The van der Waals surface area contributed by atoms with Gasteiger partial charge in [0, 0.05) is 17.6 Å². The normalized spacial score (nSPS) is 22.0. The van der Waals surface area contributed by atoms with Gasteiger partial charge in [-0.25, -0.2) is 8.42 Å². The van der Waals surface area contributed by atoms with E-state index >= 15 is 0 Å². The van der Waals surface area contributed by atoms with E-state index in [9.17, 15) is 8.42 Å². The highest BCUT2D eigenvalue weighted by atomic mass is 35.5. The minimum absolute atomic E-state index is 0.00296. The SMILES string of the molecule is C[C@@H]1CCCCN1S(=O)(=O)Cc1ccccc1Cl. The Morgan fingerprint density at radius 3 is 2.72 bits per heavy atom. The van der Waals surface area contributed by atoms with Crippen LogP contribution in [0.2, 0.25) is 5.02 Å². The quantitative estimate of drug-likeness (QED) is 0.857. The lowest BCUT2D eigenvalue weighted by Gasteiger charge is -2.32. The van der Waals surface area contributed by atoms with E-state index in [4.69, 9.17) is 11.6 Å². The molecule has 0 aromatic heterocycles. The van der Waals surface area contributed by atoms with Crippen LogP contribution in [0.1, 0.15) is 31.7 Å². The predicted molar refractivity (Wildman–Crippen MR) is 74.1 cm³/mol. The molecule has 0 aliphatic carbocycles. The monoisotopic (exact) mass is 287 g/mol. The lowest BCUT2D eigenvalue weighted by Crippen LogP contribution is -2.42.